The molecular weight excluding hydrogens is 560 g/mol. The second-order valence-corrected chi connectivity index (χ2v) is 8.40. The van der Waals surface area contributed by atoms with E-state index in [0.717, 1.165) is 0 Å². The summed E-state index contributed by atoms with van der Waals surface area (Å²) in [6.07, 6.45) is 0. The van der Waals surface area contributed by atoms with Gasteiger partial charge in [-0.15, -0.1) is 0 Å². The predicted molar refractivity (Wildman–Crippen MR) is 114 cm³/mol. The quantitative estimate of drug-likeness (QED) is 0.202. The van der Waals surface area contributed by atoms with Gasteiger partial charge in [-0.1, -0.05) is 128 Å². The Labute approximate surface area is 197 Å². The Morgan fingerprint density at radius 1 is 0.480 bits per heavy atom. The Morgan fingerprint density at radius 3 is 1.36 bits per heavy atom. The zero-order chi connectivity index (χ0) is 19.2. The molecule has 0 amide bonds. The lowest BCUT2D eigenvalue weighted by atomic mass is 10.1. The highest BCUT2D eigenvalue weighted by atomic mass is 35.5. The van der Waals surface area contributed by atoms with E-state index in [0.29, 0.717) is 0 Å². The molecule has 0 atom stereocenters. The molecule has 1 heterocycles. The van der Waals surface area contributed by atoms with Crippen LogP contribution in [0.25, 0.3) is 10.1 Å². The van der Waals surface area contributed by atoms with Crippen LogP contribution in [0.15, 0.2) is 0 Å². The van der Waals surface area contributed by atoms with Crippen molar-refractivity contribution in [2.24, 2.45) is 0 Å². The van der Waals surface area contributed by atoms with Crippen molar-refractivity contribution >= 4 is 138 Å². The molecule has 0 aliphatic rings. The summed E-state index contributed by atoms with van der Waals surface area (Å²) >= 11 is 66.8. The number of hydrogen-bond acceptors (Lipinski definition) is 1. The van der Waals surface area contributed by atoms with E-state index in [1.54, 1.807) is 0 Å². The standard InChI is InChI=1S/C13Cl11N/c14-2-1(3(15)6(18)7(19)5(2)17)4(16)9(21)12-10(22)8(20)11(23)13(24)25-12. The third-order valence-corrected chi connectivity index (χ3v) is 7.61. The topological polar surface area (TPSA) is 12.9 Å². The van der Waals surface area contributed by atoms with Gasteiger partial charge in [-0.3, -0.25) is 0 Å². The monoisotopic (exact) mass is 555 g/mol. The highest BCUT2D eigenvalue weighted by molar-refractivity contribution is 6.68. The number of benzene rings is 1. The van der Waals surface area contributed by atoms with Crippen molar-refractivity contribution in [1.82, 2.24) is 4.98 Å². The van der Waals surface area contributed by atoms with Gasteiger partial charge in [0, 0.05) is 5.56 Å². The van der Waals surface area contributed by atoms with E-state index < -0.39 is 0 Å². The molecule has 1 nitrogen and oxygen atoms in total. The molecule has 0 spiro atoms. The first kappa shape index (κ1) is 22.6. The third kappa shape index (κ3) is 4.18. The highest BCUT2D eigenvalue weighted by Crippen LogP contribution is 2.50. The number of hydrogen-bond donors (Lipinski definition) is 0. The lowest BCUT2D eigenvalue weighted by Gasteiger charge is -2.14. The van der Waals surface area contributed by atoms with Crippen LogP contribution in [0.3, 0.4) is 0 Å². The molecule has 0 unspecified atom stereocenters. The number of pyridine rings is 1. The molecule has 12 heteroatoms. The Hall–Kier alpha value is 1.30. The lowest BCUT2D eigenvalue weighted by molar-refractivity contribution is 1.29. The maximum atomic E-state index is 6.32. The van der Waals surface area contributed by atoms with E-state index >= 15 is 0 Å². The van der Waals surface area contributed by atoms with Crippen molar-refractivity contribution in [2.45, 2.75) is 0 Å². The Bertz CT molecular complexity index is 890. The van der Waals surface area contributed by atoms with Gasteiger partial charge in [0.05, 0.1) is 50.2 Å². The molecule has 0 radical (unpaired) electrons. The van der Waals surface area contributed by atoms with Crippen LogP contribution >= 0.6 is 128 Å². The Morgan fingerprint density at radius 2 is 0.880 bits per heavy atom. The summed E-state index contributed by atoms with van der Waals surface area (Å²) < 4.78 is 0. The first-order chi connectivity index (χ1) is 11.5. The molecule has 0 N–H and O–H groups in total. The molecule has 0 aliphatic carbocycles. The minimum Gasteiger partial charge on any atom is -0.232 e. The molecule has 1 aromatic carbocycles. The fourth-order valence-corrected chi connectivity index (χ4v) is 4.45. The van der Waals surface area contributed by atoms with Crippen molar-refractivity contribution in [3.05, 3.63) is 56.6 Å². The van der Waals surface area contributed by atoms with Crippen LogP contribution < -0.4 is 0 Å². The maximum absolute atomic E-state index is 6.32. The summed E-state index contributed by atoms with van der Waals surface area (Å²) in [7, 11) is 0. The van der Waals surface area contributed by atoms with Crippen LogP contribution in [0.4, 0.5) is 0 Å². The molecule has 0 saturated heterocycles. The van der Waals surface area contributed by atoms with Crippen LogP contribution in [0.1, 0.15) is 11.3 Å². The first-order valence-electron chi connectivity index (χ1n) is 5.78. The summed E-state index contributed by atoms with van der Waals surface area (Å²) in [5.41, 5.74) is -0.00322. The van der Waals surface area contributed by atoms with Gasteiger partial charge in [-0.2, -0.15) is 0 Å². The smallest absolute Gasteiger partial charge is 0.150 e. The number of aromatic nitrogens is 1. The number of rotatable bonds is 2. The lowest BCUT2D eigenvalue weighted by Crippen LogP contribution is -1.94. The Balaban J connectivity index is 2.83. The maximum Gasteiger partial charge on any atom is 0.150 e. The van der Waals surface area contributed by atoms with Crippen molar-refractivity contribution in [3.8, 4) is 0 Å². The molecule has 0 saturated carbocycles. The largest absolute Gasteiger partial charge is 0.232 e. The van der Waals surface area contributed by atoms with Crippen molar-refractivity contribution in [2.75, 3.05) is 0 Å². The fourth-order valence-electron chi connectivity index (χ4n) is 1.64. The van der Waals surface area contributed by atoms with E-state index in [2.05, 4.69) is 4.98 Å². The van der Waals surface area contributed by atoms with Gasteiger partial charge in [0.15, 0.2) is 0 Å². The molecule has 134 valence electrons. The predicted octanol–water partition coefficient (Wildman–Crippen LogP) is 10.3. The van der Waals surface area contributed by atoms with E-state index in [1.165, 1.54) is 0 Å². The van der Waals surface area contributed by atoms with Crippen molar-refractivity contribution < 1.29 is 0 Å². The number of nitrogens with zero attached hydrogens (tertiary/aromatic N) is 1. The molecule has 0 fully saturated rings. The summed E-state index contributed by atoms with van der Waals surface area (Å²) in [5.74, 6) is 0. The van der Waals surface area contributed by atoms with Gasteiger partial charge in [-0.25, -0.2) is 4.98 Å². The van der Waals surface area contributed by atoms with E-state index in [9.17, 15) is 0 Å². The summed E-state index contributed by atoms with van der Waals surface area (Å²) in [6.45, 7) is 0. The van der Waals surface area contributed by atoms with E-state index in [1.807, 2.05) is 0 Å². The SMILES string of the molecule is ClC(=C(Cl)c1c(Cl)c(Cl)c(Cl)c(Cl)c1Cl)c1nc(Cl)c(Cl)c(Cl)c1Cl. The van der Waals surface area contributed by atoms with Crippen LogP contribution in [0, 0.1) is 0 Å². The van der Waals surface area contributed by atoms with Gasteiger partial charge in [-0.05, 0) is 0 Å². The van der Waals surface area contributed by atoms with Gasteiger partial charge in [0.25, 0.3) is 0 Å². The zero-order valence-electron chi connectivity index (χ0n) is 11.1. The first-order valence-corrected chi connectivity index (χ1v) is 9.93. The van der Waals surface area contributed by atoms with E-state index in [4.69, 9.17) is 128 Å². The molecular formula is C13Cl11N. The van der Waals surface area contributed by atoms with Crippen LogP contribution in [-0.2, 0) is 0 Å². The van der Waals surface area contributed by atoms with E-state index in [-0.39, 0.29) is 66.7 Å². The van der Waals surface area contributed by atoms with Gasteiger partial charge in [0.1, 0.15) is 10.8 Å². The van der Waals surface area contributed by atoms with Crippen LogP contribution in [-0.4, -0.2) is 4.98 Å². The van der Waals surface area contributed by atoms with Gasteiger partial charge < -0.3 is 0 Å². The highest BCUT2D eigenvalue weighted by Gasteiger charge is 2.25. The Kier molecular flexibility index (Phi) is 7.91. The molecule has 1 aromatic heterocycles. The van der Waals surface area contributed by atoms with Crippen molar-refractivity contribution in [1.29, 1.82) is 0 Å². The second kappa shape index (κ2) is 8.76. The van der Waals surface area contributed by atoms with Crippen molar-refractivity contribution in [3.63, 3.8) is 0 Å². The molecule has 25 heavy (non-hydrogen) atoms. The zero-order valence-corrected chi connectivity index (χ0v) is 19.4. The van der Waals surface area contributed by atoms with Crippen LogP contribution in [0.5, 0.6) is 0 Å². The summed E-state index contributed by atoms with van der Waals surface area (Å²) in [6, 6.07) is 0. The number of halogens is 11. The normalized spacial score (nSPS) is 12.4. The summed E-state index contributed by atoms with van der Waals surface area (Å²) in [4.78, 5) is 3.97. The van der Waals surface area contributed by atoms with Crippen LogP contribution in [0.2, 0.25) is 45.3 Å². The molecule has 0 aliphatic heterocycles. The molecule has 2 aromatic rings. The average molecular weight is 560 g/mol. The van der Waals surface area contributed by atoms with Gasteiger partial charge >= 0.3 is 0 Å². The minimum absolute atomic E-state index is 0.0311. The molecule has 0 bridgehead atoms. The summed E-state index contributed by atoms with van der Waals surface area (Å²) in [5, 5.41) is -0.865. The third-order valence-electron chi connectivity index (χ3n) is 2.81. The molecule has 2 rings (SSSR count). The average Bonchev–Trinajstić information content (AvgIpc) is 2.58. The van der Waals surface area contributed by atoms with Gasteiger partial charge in [0.2, 0.25) is 0 Å². The second-order valence-electron chi connectivity index (χ2n) is 4.27. The fraction of sp³-hybridized carbons (Fsp3) is 0. The minimum atomic E-state index is -0.162.